The van der Waals surface area contributed by atoms with E-state index >= 15 is 4.39 Å². The highest BCUT2D eigenvalue weighted by Crippen LogP contribution is 2.34. The van der Waals surface area contributed by atoms with Gasteiger partial charge in [0.2, 0.25) is 5.95 Å². The molecule has 0 radical (unpaired) electrons. The summed E-state index contributed by atoms with van der Waals surface area (Å²) in [6, 6.07) is 11.4. The van der Waals surface area contributed by atoms with Crippen molar-refractivity contribution in [2.45, 2.75) is 64.1 Å². The Hall–Kier alpha value is -3.93. The van der Waals surface area contributed by atoms with E-state index in [1.807, 2.05) is 11.8 Å². The smallest absolute Gasteiger partial charge is 0.410 e. The number of hydrogen-bond acceptors (Lipinski definition) is 7. The molecule has 3 aromatic rings. The highest BCUT2D eigenvalue weighted by Gasteiger charge is 2.34. The number of rotatable bonds is 8. The number of amides is 1. The van der Waals surface area contributed by atoms with E-state index in [1.165, 1.54) is 31.4 Å². The molecule has 1 amide bonds. The summed E-state index contributed by atoms with van der Waals surface area (Å²) in [5.41, 5.74) is 1.77. The monoisotopic (exact) mass is 616 g/mol. The number of aromatic nitrogens is 1. The highest BCUT2D eigenvalue weighted by molar-refractivity contribution is 7.92. The van der Waals surface area contributed by atoms with Gasteiger partial charge in [0.25, 0.3) is 10.0 Å². The van der Waals surface area contributed by atoms with Gasteiger partial charge in [0.15, 0.2) is 0 Å². The summed E-state index contributed by atoms with van der Waals surface area (Å²) in [7, 11) is -1.32. The van der Waals surface area contributed by atoms with E-state index in [-0.39, 0.29) is 18.4 Å². The van der Waals surface area contributed by atoms with Crippen molar-refractivity contribution in [1.29, 1.82) is 0 Å². The van der Waals surface area contributed by atoms with Crippen molar-refractivity contribution in [3.63, 3.8) is 0 Å². The van der Waals surface area contributed by atoms with E-state index < -0.39 is 38.4 Å². The van der Waals surface area contributed by atoms with Gasteiger partial charge in [0, 0.05) is 37.4 Å². The molecule has 1 saturated heterocycles. The van der Waals surface area contributed by atoms with E-state index in [9.17, 15) is 17.6 Å². The minimum atomic E-state index is -4.57. The zero-order valence-corrected chi connectivity index (χ0v) is 26.3. The highest BCUT2D eigenvalue weighted by atomic mass is 32.2. The van der Waals surface area contributed by atoms with Gasteiger partial charge in [-0.15, -0.1) is 0 Å². The number of sulfonamides is 1. The van der Waals surface area contributed by atoms with Gasteiger partial charge < -0.3 is 19.3 Å². The van der Waals surface area contributed by atoms with E-state index in [4.69, 9.17) is 9.47 Å². The molecule has 9 nitrogen and oxygen atoms in total. The van der Waals surface area contributed by atoms with Gasteiger partial charge in [0.05, 0.1) is 13.7 Å². The van der Waals surface area contributed by atoms with Crippen molar-refractivity contribution in [1.82, 2.24) is 9.88 Å². The van der Waals surface area contributed by atoms with Crippen LogP contribution in [0.1, 0.15) is 43.9 Å². The molecule has 12 heteroatoms. The predicted octanol–water partition coefficient (Wildman–Crippen LogP) is 5.83. The zero-order valence-electron chi connectivity index (χ0n) is 25.5. The van der Waals surface area contributed by atoms with E-state index in [0.717, 1.165) is 15.9 Å². The fourth-order valence-electron chi connectivity index (χ4n) is 5.05. The summed E-state index contributed by atoms with van der Waals surface area (Å²) in [6.45, 7) is 9.55. The fraction of sp³-hybridized carbons (Fsp3) is 0.419. The first-order chi connectivity index (χ1) is 20.1. The summed E-state index contributed by atoms with van der Waals surface area (Å²) in [4.78, 5) is 19.2. The van der Waals surface area contributed by atoms with Crippen LogP contribution in [-0.4, -0.2) is 63.3 Å². The van der Waals surface area contributed by atoms with E-state index in [2.05, 4.69) is 4.98 Å². The molecule has 0 spiro atoms. The van der Waals surface area contributed by atoms with Crippen molar-refractivity contribution >= 4 is 27.6 Å². The van der Waals surface area contributed by atoms with Crippen LogP contribution < -0.4 is 13.9 Å². The second kappa shape index (κ2) is 12.4. The number of likely N-dealkylation sites (tertiary alicyclic amines) is 1. The third-order valence-corrected chi connectivity index (χ3v) is 9.04. The maximum atomic E-state index is 15.8. The molecule has 232 valence electrons. The van der Waals surface area contributed by atoms with E-state index in [1.54, 1.807) is 57.8 Å². The molecule has 1 aromatic heterocycles. The van der Waals surface area contributed by atoms with Crippen LogP contribution in [0.15, 0.2) is 53.4 Å². The minimum Gasteiger partial charge on any atom is -0.496 e. The molecule has 4 rings (SSSR count). The SMILES string of the molecule is COc1cc(C)ccc1CN(c1cccc(F)n1)S(=O)(=O)c1cc(C)c(N(C)[C@H]2CCN(C(=O)OC(C)(C)C)C2)cc1F. The molecule has 1 aliphatic heterocycles. The molecule has 0 saturated carbocycles. The summed E-state index contributed by atoms with van der Waals surface area (Å²) in [6.07, 6.45) is 0.220. The topological polar surface area (TPSA) is 92.3 Å². The minimum absolute atomic E-state index is 0.130. The Morgan fingerprint density at radius 1 is 1.12 bits per heavy atom. The van der Waals surface area contributed by atoms with Crippen molar-refractivity contribution in [2.24, 2.45) is 0 Å². The summed E-state index contributed by atoms with van der Waals surface area (Å²) >= 11 is 0. The van der Waals surface area contributed by atoms with Crippen LogP contribution in [0.3, 0.4) is 0 Å². The van der Waals surface area contributed by atoms with Crippen LogP contribution in [0.4, 0.5) is 25.1 Å². The number of ether oxygens (including phenoxy) is 2. The molecule has 43 heavy (non-hydrogen) atoms. The number of nitrogens with zero attached hydrogens (tertiary/aromatic N) is 4. The number of benzene rings is 2. The number of methoxy groups -OCH3 is 1. The lowest BCUT2D eigenvalue weighted by atomic mass is 10.1. The molecule has 2 heterocycles. The number of hydrogen-bond donors (Lipinski definition) is 0. The van der Waals surface area contributed by atoms with Gasteiger partial charge in [-0.3, -0.25) is 0 Å². The van der Waals surface area contributed by atoms with Crippen LogP contribution in [0, 0.1) is 25.6 Å². The van der Waals surface area contributed by atoms with Crippen LogP contribution in [-0.2, 0) is 21.3 Å². The molecule has 0 bridgehead atoms. The Kier molecular flexibility index (Phi) is 9.19. The number of anilines is 2. The fourth-order valence-corrected chi connectivity index (χ4v) is 6.58. The first kappa shape index (κ1) is 32.0. The quantitative estimate of drug-likeness (QED) is 0.294. The van der Waals surface area contributed by atoms with Crippen molar-refractivity contribution < 1.29 is 31.5 Å². The molecular formula is C31H38F2N4O5S. The number of carbonyl (C=O) groups is 1. The Morgan fingerprint density at radius 3 is 2.49 bits per heavy atom. The van der Waals surface area contributed by atoms with Crippen LogP contribution >= 0.6 is 0 Å². The molecule has 0 aliphatic carbocycles. The lowest BCUT2D eigenvalue weighted by Crippen LogP contribution is -2.39. The lowest BCUT2D eigenvalue weighted by molar-refractivity contribution is 0.0292. The van der Waals surface area contributed by atoms with Crippen LogP contribution in [0.2, 0.25) is 0 Å². The first-order valence-corrected chi connectivity index (χ1v) is 15.3. The molecular weight excluding hydrogens is 578 g/mol. The number of aryl methyl sites for hydroxylation is 2. The lowest BCUT2D eigenvalue weighted by Gasteiger charge is -2.30. The number of pyridine rings is 1. The third kappa shape index (κ3) is 7.18. The van der Waals surface area contributed by atoms with Gasteiger partial charge in [-0.2, -0.15) is 4.39 Å². The van der Waals surface area contributed by atoms with Gasteiger partial charge in [-0.25, -0.2) is 26.9 Å². The number of carbonyl (C=O) groups excluding carboxylic acids is 1. The largest absolute Gasteiger partial charge is 0.496 e. The Morgan fingerprint density at radius 2 is 1.84 bits per heavy atom. The second-order valence-corrected chi connectivity index (χ2v) is 13.5. The Labute approximate surface area is 252 Å². The van der Waals surface area contributed by atoms with Crippen molar-refractivity contribution in [2.75, 3.05) is 36.5 Å². The average Bonchev–Trinajstić information content (AvgIpc) is 3.42. The molecule has 1 fully saturated rings. The molecule has 0 N–H and O–H groups in total. The predicted molar refractivity (Wildman–Crippen MR) is 161 cm³/mol. The Balaban J connectivity index is 1.67. The molecule has 2 aromatic carbocycles. The first-order valence-electron chi connectivity index (χ1n) is 13.9. The summed E-state index contributed by atoms with van der Waals surface area (Å²) in [5.74, 6) is -1.61. The Bertz CT molecular complexity index is 1610. The molecule has 0 unspecified atom stereocenters. The molecule has 1 aliphatic rings. The zero-order chi connectivity index (χ0) is 31.7. The van der Waals surface area contributed by atoms with Crippen LogP contribution in [0.5, 0.6) is 5.75 Å². The maximum absolute atomic E-state index is 15.8. The average molecular weight is 617 g/mol. The summed E-state index contributed by atoms with van der Waals surface area (Å²) < 4.78 is 69.9. The van der Waals surface area contributed by atoms with Gasteiger partial charge >= 0.3 is 6.09 Å². The standard InChI is InChI=1S/C31H38F2N4O5S/c1-20-11-12-22(26(15-20)41-7)18-37(29-10-8-9-28(33)34-29)43(39,40)27-16-21(2)25(17-24(27)32)35(6)23-13-14-36(19-23)30(38)42-31(3,4)5/h8-12,15-17,23H,13-14,18-19H2,1-7H3/t23-/m0/s1. The van der Waals surface area contributed by atoms with Gasteiger partial charge in [-0.05, 0) is 82.5 Å². The van der Waals surface area contributed by atoms with Crippen molar-refractivity contribution in [3.05, 3.63) is 77.0 Å². The maximum Gasteiger partial charge on any atom is 0.410 e. The normalized spacial score (nSPS) is 15.4. The number of halogens is 2. The third-order valence-electron chi connectivity index (χ3n) is 7.27. The second-order valence-electron chi connectivity index (χ2n) is 11.7. The summed E-state index contributed by atoms with van der Waals surface area (Å²) in [5, 5.41) is 0. The van der Waals surface area contributed by atoms with E-state index in [0.29, 0.717) is 42.1 Å². The van der Waals surface area contributed by atoms with Crippen molar-refractivity contribution in [3.8, 4) is 5.75 Å². The van der Waals surface area contributed by atoms with Gasteiger partial charge in [-0.1, -0.05) is 18.2 Å². The number of likely N-dealkylation sites (N-methyl/N-ethyl adjacent to an activating group) is 1. The molecule has 1 atom stereocenters. The van der Waals surface area contributed by atoms with Gasteiger partial charge in [0.1, 0.15) is 27.9 Å². The van der Waals surface area contributed by atoms with Crippen LogP contribution in [0.25, 0.3) is 0 Å².